The summed E-state index contributed by atoms with van der Waals surface area (Å²) in [5.41, 5.74) is 1.85. The molecule has 5 nitrogen and oxygen atoms in total. The van der Waals surface area contributed by atoms with Crippen molar-refractivity contribution in [2.45, 2.75) is 25.8 Å². The maximum absolute atomic E-state index is 12.7. The third kappa shape index (κ3) is 4.09. The van der Waals surface area contributed by atoms with Gasteiger partial charge in [-0.15, -0.1) is 0 Å². The highest BCUT2D eigenvalue weighted by atomic mass is 16.5. The molecule has 29 heavy (non-hydrogen) atoms. The van der Waals surface area contributed by atoms with Gasteiger partial charge in [-0.05, 0) is 35.4 Å². The minimum atomic E-state index is -0.132. The van der Waals surface area contributed by atoms with Crippen molar-refractivity contribution in [3.05, 3.63) is 72.3 Å². The number of nitrogens with one attached hydrogen (secondary N) is 1. The van der Waals surface area contributed by atoms with Gasteiger partial charge in [0.05, 0.1) is 18.3 Å². The van der Waals surface area contributed by atoms with Gasteiger partial charge in [0.1, 0.15) is 12.4 Å². The van der Waals surface area contributed by atoms with E-state index in [9.17, 15) is 9.59 Å². The Kier molecular flexibility index (Phi) is 5.47. The summed E-state index contributed by atoms with van der Waals surface area (Å²) in [4.78, 5) is 26.9. The molecule has 1 atom stereocenters. The Morgan fingerprint density at radius 1 is 1.00 bits per heavy atom. The van der Waals surface area contributed by atoms with Crippen molar-refractivity contribution < 1.29 is 14.3 Å². The Morgan fingerprint density at radius 3 is 2.66 bits per heavy atom. The number of benzene rings is 3. The van der Waals surface area contributed by atoms with Crippen LogP contribution < -0.4 is 15.0 Å². The molecule has 0 saturated heterocycles. The number of rotatable bonds is 5. The Balaban J connectivity index is 1.37. The number of amides is 2. The number of hydrogen-bond donors (Lipinski definition) is 1. The molecule has 148 valence electrons. The highest BCUT2D eigenvalue weighted by Gasteiger charge is 2.23. The zero-order valence-electron chi connectivity index (χ0n) is 16.4. The van der Waals surface area contributed by atoms with Crippen LogP contribution in [0.4, 0.5) is 5.69 Å². The first kappa shape index (κ1) is 19.0. The lowest BCUT2D eigenvalue weighted by Crippen LogP contribution is -2.38. The number of para-hydroxylation sites is 2. The van der Waals surface area contributed by atoms with Gasteiger partial charge in [-0.3, -0.25) is 9.59 Å². The molecule has 0 bridgehead atoms. The van der Waals surface area contributed by atoms with E-state index >= 15 is 0 Å². The number of hydrogen-bond acceptors (Lipinski definition) is 3. The molecular weight excluding hydrogens is 364 g/mol. The summed E-state index contributed by atoms with van der Waals surface area (Å²) in [6.45, 7) is 2.94. The van der Waals surface area contributed by atoms with Crippen LogP contribution >= 0.6 is 0 Å². The second kappa shape index (κ2) is 8.35. The van der Waals surface area contributed by atoms with Gasteiger partial charge in [0.2, 0.25) is 11.8 Å². The van der Waals surface area contributed by atoms with E-state index in [1.54, 1.807) is 4.90 Å². The monoisotopic (exact) mass is 388 g/mol. The maximum Gasteiger partial charge on any atom is 0.227 e. The summed E-state index contributed by atoms with van der Waals surface area (Å²) in [5.74, 6) is 0.523. The molecule has 0 fully saturated rings. The number of nitrogens with zero attached hydrogens (tertiary/aromatic N) is 1. The lowest BCUT2D eigenvalue weighted by atomic mass is 9.99. The van der Waals surface area contributed by atoms with Crippen molar-refractivity contribution in [2.24, 2.45) is 0 Å². The largest absolute Gasteiger partial charge is 0.490 e. The van der Waals surface area contributed by atoms with Crippen LogP contribution in [0.25, 0.3) is 10.8 Å². The first-order chi connectivity index (χ1) is 14.1. The first-order valence-electron chi connectivity index (χ1n) is 9.93. The van der Waals surface area contributed by atoms with Gasteiger partial charge < -0.3 is 15.0 Å². The zero-order chi connectivity index (χ0) is 20.2. The van der Waals surface area contributed by atoms with Gasteiger partial charge in [0.25, 0.3) is 0 Å². The molecule has 1 aliphatic heterocycles. The van der Waals surface area contributed by atoms with Crippen LogP contribution in [0.3, 0.4) is 0 Å². The van der Waals surface area contributed by atoms with Crippen molar-refractivity contribution in [2.75, 3.05) is 18.1 Å². The SMILES string of the molecule is CC(NC(=O)CCC(=O)N1CCOc2ccccc21)c1cccc2ccccc12. The van der Waals surface area contributed by atoms with E-state index in [0.29, 0.717) is 18.9 Å². The fourth-order valence-corrected chi connectivity index (χ4v) is 3.80. The lowest BCUT2D eigenvalue weighted by molar-refractivity contribution is -0.125. The molecule has 1 heterocycles. The fraction of sp³-hybridized carbons (Fsp3) is 0.250. The fourth-order valence-electron chi connectivity index (χ4n) is 3.80. The molecule has 1 N–H and O–H groups in total. The number of ether oxygens (including phenoxy) is 1. The number of carbonyl (C=O) groups excluding carboxylic acids is 2. The summed E-state index contributed by atoms with van der Waals surface area (Å²) in [6.07, 6.45) is 0.329. The molecule has 2 amide bonds. The van der Waals surface area contributed by atoms with Gasteiger partial charge >= 0.3 is 0 Å². The Bertz CT molecular complexity index is 1040. The molecule has 1 unspecified atom stereocenters. The molecule has 0 saturated carbocycles. The minimum Gasteiger partial charge on any atom is -0.490 e. The van der Waals surface area contributed by atoms with E-state index in [0.717, 1.165) is 22.0 Å². The van der Waals surface area contributed by atoms with Crippen molar-refractivity contribution in [1.82, 2.24) is 5.32 Å². The molecule has 3 aromatic carbocycles. The summed E-state index contributed by atoms with van der Waals surface area (Å²) in [6, 6.07) is 21.6. The number of carbonyl (C=O) groups is 2. The topological polar surface area (TPSA) is 58.6 Å². The Hall–Kier alpha value is -3.34. The molecule has 5 heteroatoms. The first-order valence-corrected chi connectivity index (χ1v) is 9.93. The second-order valence-electron chi connectivity index (χ2n) is 7.22. The predicted molar refractivity (Wildman–Crippen MR) is 114 cm³/mol. The number of anilines is 1. The molecule has 4 rings (SSSR count). The van der Waals surface area contributed by atoms with Crippen molar-refractivity contribution in [3.63, 3.8) is 0 Å². The van der Waals surface area contributed by atoms with Crippen LogP contribution in [0.1, 0.15) is 31.4 Å². The van der Waals surface area contributed by atoms with Crippen LogP contribution in [0.15, 0.2) is 66.7 Å². The third-order valence-corrected chi connectivity index (χ3v) is 5.26. The van der Waals surface area contributed by atoms with Crippen LogP contribution in [-0.2, 0) is 9.59 Å². The van der Waals surface area contributed by atoms with Crippen molar-refractivity contribution in [1.29, 1.82) is 0 Å². The van der Waals surface area contributed by atoms with E-state index in [-0.39, 0.29) is 30.7 Å². The summed E-state index contributed by atoms with van der Waals surface area (Å²) in [7, 11) is 0. The quantitative estimate of drug-likeness (QED) is 0.712. The van der Waals surface area contributed by atoms with E-state index < -0.39 is 0 Å². The van der Waals surface area contributed by atoms with Crippen LogP contribution in [0, 0.1) is 0 Å². The molecule has 0 aromatic heterocycles. The molecule has 0 radical (unpaired) electrons. The van der Waals surface area contributed by atoms with E-state index in [1.807, 2.05) is 55.5 Å². The van der Waals surface area contributed by atoms with Gasteiger partial charge in [0.15, 0.2) is 0 Å². The lowest BCUT2D eigenvalue weighted by Gasteiger charge is -2.29. The Labute approximate surface area is 170 Å². The highest BCUT2D eigenvalue weighted by Crippen LogP contribution is 2.31. The Morgan fingerprint density at radius 2 is 1.76 bits per heavy atom. The van der Waals surface area contributed by atoms with Crippen LogP contribution in [0.5, 0.6) is 5.75 Å². The normalized spacial score (nSPS) is 14.0. The smallest absolute Gasteiger partial charge is 0.227 e. The molecule has 3 aromatic rings. The predicted octanol–water partition coefficient (Wildman–Crippen LogP) is 4.22. The van der Waals surface area contributed by atoms with Gasteiger partial charge in [-0.2, -0.15) is 0 Å². The molecule has 0 spiro atoms. The summed E-state index contributed by atoms with van der Waals surface area (Å²) in [5, 5.41) is 5.31. The third-order valence-electron chi connectivity index (χ3n) is 5.26. The number of fused-ring (bicyclic) bond motifs is 2. The minimum absolute atomic E-state index is 0.0614. The molecule has 1 aliphatic rings. The van der Waals surface area contributed by atoms with E-state index in [4.69, 9.17) is 4.74 Å². The summed E-state index contributed by atoms with van der Waals surface area (Å²) < 4.78 is 5.59. The average Bonchev–Trinajstić information content (AvgIpc) is 2.76. The van der Waals surface area contributed by atoms with Crippen molar-refractivity contribution >= 4 is 28.3 Å². The van der Waals surface area contributed by atoms with Crippen LogP contribution in [0.2, 0.25) is 0 Å². The van der Waals surface area contributed by atoms with Crippen molar-refractivity contribution in [3.8, 4) is 5.75 Å². The zero-order valence-corrected chi connectivity index (χ0v) is 16.4. The van der Waals surface area contributed by atoms with Gasteiger partial charge in [-0.25, -0.2) is 0 Å². The van der Waals surface area contributed by atoms with Gasteiger partial charge in [0, 0.05) is 12.8 Å². The highest BCUT2D eigenvalue weighted by molar-refractivity contribution is 5.97. The second-order valence-corrected chi connectivity index (χ2v) is 7.22. The van der Waals surface area contributed by atoms with Gasteiger partial charge in [-0.1, -0.05) is 54.6 Å². The van der Waals surface area contributed by atoms with Crippen LogP contribution in [-0.4, -0.2) is 25.0 Å². The average molecular weight is 388 g/mol. The maximum atomic E-state index is 12.7. The van der Waals surface area contributed by atoms with E-state index in [2.05, 4.69) is 23.5 Å². The summed E-state index contributed by atoms with van der Waals surface area (Å²) >= 11 is 0. The molecular formula is C24H24N2O3. The molecule has 0 aliphatic carbocycles. The standard InChI is InChI=1S/C24H24N2O3/c1-17(19-10-6-8-18-7-2-3-9-20(18)19)25-23(27)13-14-24(28)26-15-16-29-22-12-5-4-11-21(22)26/h2-12,17H,13-16H2,1H3,(H,25,27). The van der Waals surface area contributed by atoms with E-state index in [1.165, 1.54) is 0 Å².